The van der Waals surface area contributed by atoms with Gasteiger partial charge < -0.3 is 0 Å². The molecule has 0 aromatic heterocycles. The second-order valence-electron chi connectivity index (χ2n) is 1.76. The Balaban J connectivity index is 2.68. The van der Waals surface area contributed by atoms with Gasteiger partial charge in [0.05, 0.1) is 0 Å². The molecule has 0 rings (SSSR count). The van der Waals surface area contributed by atoms with E-state index in [0.29, 0.717) is 21.2 Å². The van der Waals surface area contributed by atoms with E-state index in [4.69, 9.17) is 0 Å². The van der Waals surface area contributed by atoms with Crippen molar-refractivity contribution in [3.63, 3.8) is 0 Å². The van der Waals surface area contributed by atoms with E-state index in [1.165, 1.54) is 11.0 Å². The van der Waals surface area contributed by atoms with E-state index < -0.39 is 0 Å². The van der Waals surface area contributed by atoms with Gasteiger partial charge in [-0.1, -0.05) is 0 Å². The van der Waals surface area contributed by atoms with Crippen LogP contribution in [0.3, 0.4) is 0 Å². The summed E-state index contributed by atoms with van der Waals surface area (Å²) in [6.07, 6.45) is 0. The quantitative estimate of drug-likeness (QED) is 0.364. The molecule has 0 aliphatic carbocycles. The second kappa shape index (κ2) is 4.84. The molecule has 46 valence electrons. The van der Waals surface area contributed by atoms with Gasteiger partial charge in [0, 0.05) is 0 Å². The summed E-state index contributed by atoms with van der Waals surface area (Å²) in [6.45, 7) is 1.28. The number of hydrogen-bond donors (Lipinski definition) is 0. The fourth-order valence-corrected chi connectivity index (χ4v) is 1.70. The number of rotatable bonds is 3. The first-order chi connectivity index (χ1) is 3.27. The predicted octanol–water partition coefficient (Wildman–Crippen LogP) is -2.73. The van der Waals surface area contributed by atoms with E-state index in [1.807, 2.05) is 0 Å². The van der Waals surface area contributed by atoms with E-state index in [2.05, 4.69) is 23.9 Å². The van der Waals surface area contributed by atoms with Gasteiger partial charge in [-0.2, -0.15) is 0 Å². The molecule has 2 heteroatoms. The molecule has 0 spiro atoms. The van der Waals surface area contributed by atoms with E-state index in [1.54, 1.807) is 0 Å². The van der Waals surface area contributed by atoms with Crippen LogP contribution in [-0.2, 0) is 0 Å². The van der Waals surface area contributed by atoms with Crippen molar-refractivity contribution in [2.45, 2.75) is 0 Å². The van der Waals surface area contributed by atoms with Crippen molar-refractivity contribution in [2.75, 3.05) is 30.0 Å². The van der Waals surface area contributed by atoms with Crippen molar-refractivity contribution in [3.05, 3.63) is 0 Å². The van der Waals surface area contributed by atoms with Crippen LogP contribution < -0.4 is 21.2 Å². The van der Waals surface area contributed by atoms with Gasteiger partial charge in [-0.15, -0.1) is 0 Å². The number of nitrogens with zero attached hydrogens (tertiary/aromatic N) is 1. The van der Waals surface area contributed by atoms with Crippen molar-refractivity contribution in [1.29, 1.82) is 0 Å². The van der Waals surface area contributed by atoms with Crippen LogP contribution in [0.2, 0.25) is 0 Å². The molecule has 0 aliphatic rings. The molecule has 0 saturated heterocycles. The van der Waals surface area contributed by atoms with Gasteiger partial charge in [-0.05, 0) is 0 Å². The van der Waals surface area contributed by atoms with Crippen LogP contribution in [0.15, 0.2) is 0 Å². The fourth-order valence-electron chi connectivity index (χ4n) is 0.254. The Kier molecular flexibility index (Phi) is 5.32. The van der Waals surface area contributed by atoms with Gasteiger partial charge in [0.15, 0.2) is 0 Å². The summed E-state index contributed by atoms with van der Waals surface area (Å²) in [5, 5.41) is 0. The van der Waals surface area contributed by atoms with Crippen LogP contribution in [0.4, 0.5) is 0 Å². The van der Waals surface area contributed by atoms with Gasteiger partial charge in [-0.3, -0.25) is 0 Å². The van der Waals surface area contributed by atoms with Crippen LogP contribution in [-0.4, -0.2) is 34.9 Å². The number of hydrogen-bond acceptors (Lipinski definition) is 1. The maximum absolute atomic E-state index is 2.32. The third kappa shape index (κ3) is 6.69. The summed E-state index contributed by atoms with van der Waals surface area (Å²) >= 11 is 0.532. The van der Waals surface area contributed by atoms with Gasteiger partial charge >= 0.3 is 56.1 Å². The summed E-state index contributed by atoms with van der Waals surface area (Å²) in [4.78, 5) is 4.56. The Hall–Kier alpha value is 0.690. The zero-order valence-electron chi connectivity index (χ0n) is 5.24. The van der Waals surface area contributed by atoms with E-state index >= 15 is 0 Å². The molecule has 0 radical (unpaired) electrons. The average molecular weight is 214 g/mol. The Morgan fingerprint density at radius 2 is 2.00 bits per heavy atom. The molecular formula is C5H13IN-. The molecule has 0 heterocycles. The monoisotopic (exact) mass is 214 g/mol. The third-order valence-corrected chi connectivity index (χ3v) is 2.28. The molecule has 0 unspecified atom stereocenters. The Labute approximate surface area is 56.3 Å². The molecule has 0 aliphatic heterocycles. The molecule has 7 heavy (non-hydrogen) atoms. The predicted molar refractivity (Wildman–Crippen MR) is 29.3 cm³/mol. The summed E-state index contributed by atoms with van der Waals surface area (Å²) in [5.41, 5.74) is 0. The van der Waals surface area contributed by atoms with Crippen molar-refractivity contribution in [1.82, 2.24) is 4.90 Å². The summed E-state index contributed by atoms with van der Waals surface area (Å²) in [6, 6.07) is 0. The fraction of sp³-hybridized carbons (Fsp3) is 1.00. The molecule has 0 fully saturated rings. The molecule has 1 nitrogen and oxygen atoms in total. The molecule has 0 aromatic rings. The van der Waals surface area contributed by atoms with E-state index in [9.17, 15) is 0 Å². The number of halogens is 1. The first-order valence-electron chi connectivity index (χ1n) is 2.36. The van der Waals surface area contributed by atoms with Crippen molar-refractivity contribution in [3.8, 4) is 0 Å². The normalized spacial score (nSPS) is 10.9. The first-order valence-corrected chi connectivity index (χ1v) is 6.04. The van der Waals surface area contributed by atoms with Crippen LogP contribution in [0.5, 0.6) is 0 Å². The Morgan fingerprint density at radius 1 is 1.43 bits per heavy atom. The Morgan fingerprint density at radius 3 is 2.14 bits per heavy atom. The maximum atomic E-state index is 2.32. The minimum absolute atomic E-state index is 0.532. The van der Waals surface area contributed by atoms with Gasteiger partial charge in [0.1, 0.15) is 0 Å². The molecule has 0 atom stereocenters. The van der Waals surface area contributed by atoms with Gasteiger partial charge in [0.25, 0.3) is 0 Å². The first kappa shape index (κ1) is 7.69. The summed E-state index contributed by atoms with van der Waals surface area (Å²) in [5.74, 6) is 0. The van der Waals surface area contributed by atoms with Gasteiger partial charge in [-0.25, -0.2) is 0 Å². The summed E-state index contributed by atoms with van der Waals surface area (Å²) in [7, 11) is 4.25. The Bertz CT molecular complexity index is 37.1. The molecule has 0 N–H and O–H groups in total. The van der Waals surface area contributed by atoms with Crippen LogP contribution in [0.1, 0.15) is 0 Å². The SMILES string of the molecule is C[I-]CCN(C)C. The molecule has 0 aromatic carbocycles. The van der Waals surface area contributed by atoms with Crippen molar-refractivity contribution < 1.29 is 21.2 Å². The topological polar surface area (TPSA) is 3.24 Å². The zero-order chi connectivity index (χ0) is 5.70. The molecule has 0 bridgehead atoms. The zero-order valence-corrected chi connectivity index (χ0v) is 7.40. The molecular weight excluding hydrogens is 201 g/mol. The van der Waals surface area contributed by atoms with Crippen LogP contribution in [0.25, 0.3) is 0 Å². The van der Waals surface area contributed by atoms with Crippen LogP contribution in [0, 0.1) is 0 Å². The summed E-state index contributed by atoms with van der Waals surface area (Å²) < 4.78 is 1.44. The minimum atomic E-state index is 0.532. The third-order valence-electron chi connectivity index (χ3n) is 0.721. The van der Waals surface area contributed by atoms with Crippen molar-refractivity contribution in [2.24, 2.45) is 0 Å². The molecule has 0 saturated carbocycles. The number of alkyl halides is 2. The van der Waals surface area contributed by atoms with E-state index in [0.717, 1.165) is 0 Å². The average Bonchev–Trinajstić information content (AvgIpc) is 1.61. The molecule has 0 amide bonds. The van der Waals surface area contributed by atoms with E-state index in [-0.39, 0.29) is 0 Å². The second-order valence-corrected chi connectivity index (χ2v) is 4.36. The standard InChI is InChI=1S/C5H13IN/c1-6-4-5-7(2)3/h4-5H2,1-3H3/q-1. The van der Waals surface area contributed by atoms with Crippen molar-refractivity contribution >= 4 is 0 Å². The van der Waals surface area contributed by atoms with Crippen LogP contribution >= 0.6 is 0 Å². The van der Waals surface area contributed by atoms with Gasteiger partial charge in [0.2, 0.25) is 0 Å².